The van der Waals surface area contributed by atoms with Crippen molar-refractivity contribution in [3.05, 3.63) is 36.5 Å². The van der Waals surface area contributed by atoms with Crippen LogP contribution in [0.4, 0.5) is 0 Å². The number of hydrogen-bond donors (Lipinski definition) is 2. The minimum atomic E-state index is -4.37. The molecule has 0 bridgehead atoms. The second-order valence-electron chi connectivity index (χ2n) is 11.7. The van der Waals surface area contributed by atoms with Crippen molar-refractivity contribution in [2.45, 2.75) is 155 Å². The summed E-state index contributed by atoms with van der Waals surface area (Å²) in [5.41, 5.74) is 5.31. The van der Waals surface area contributed by atoms with Gasteiger partial charge in [0.2, 0.25) is 0 Å². The molecule has 268 valence electrons. The average Bonchev–Trinajstić information content (AvgIpc) is 3.04. The number of nitrogens with two attached hydrogens (primary N) is 1. The summed E-state index contributed by atoms with van der Waals surface area (Å²) >= 11 is 0. The molecule has 0 aliphatic heterocycles. The van der Waals surface area contributed by atoms with Gasteiger partial charge in [0.25, 0.3) is 0 Å². The molecule has 0 aliphatic carbocycles. The Bertz CT molecular complexity index is 861. The third kappa shape index (κ3) is 32.2. The van der Waals surface area contributed by atoms with Gasteiger partial charge in [0.15, 0.2) is 6.10 Å². The first-order valence-corrected chi connectivity index (χ1v) is 19.5. The number of phosphoric ester groups is 1. The maximum absolute atomic E-state index is 12.5. The van der Waals surface area contributed by atoms with Gasteiger partial charge in [-0.15, -0.1) is 0 Å². The summed E-state index contributed by atoms with van der Waals surface area (Å²) in [5, 5.41) is 0. The van der Waals surface area contributed by atoms with Gasteiger partial charge < -0.3 is 20.1 Å². The Labute approximate surface area is 280 Å². The van der Waals surface area contributed by atoms with Crippen LogP contribution in [-0.2, 0) is 32.7 Å². The van der Waals surface area contributed by atoms with Crippen molar-refractivity contribution in [2.24, 2.45) is 5.73 Å². The fourth-order valence-corrected chi connectivity index (χ4v) is 5.35. The molecule has 3 N–H and O–H groups in total. The van der Waals surface area contributed by atoms with Crippen LogP contribution < -0.4 is 5.73 Å². The molecular formula is C36H66NO8P. The third-order valence-electron chi connectivity index (χ3n) is 7.28. The Morgan fingerprint density at radius 2 is 1.13 bits per heavy atom. The van der Waals surface area contributed by atoms with E-state index in [0.29, 0.717) is 6.42 Å². The second-order valence-corrected chi connectivity index (χ2v) is 13.2. The standard InChI is InChI=1S/C36H66NO8P/c1-3-5-7-9-11-13-14-15-16-17-18-19-20-21-23-25-27-29-36(39)45-34(33-44-46(40,41)43-31-30-37)32-42-35(38)28-26-24-22-12-10-8-6-4-2/h11,13,15-16,18-19,34H,3-10,12,14,17,20-33,37H2,1-2H3,(H,40,41)/b13-11+,16-15+,19-18+/t34-/m1/s1. The summed E-state index contributed by atoms with van der Waals surface area (Å²) in [7, 11) is -4.37. The molecule has 0 heterocycles. The molecule has 0 fully saturated rings. The largest absolute Gasteiger partial charge is 0.472 e. The lowest BCUT2D eigenvalue weighted by atomic mass is 10.1. The van der Waals surface area contributed by atoms with Crippen molar-refractivity contribution in [3.8, 4) is 0 Å². The molecule has 0 spiro atoms. The van der Waals surface area contributed by atoms with Crippen molar-refractivity contribution >= 4 is 19.8 Å². The fraction of sp³-hybridized carbons (Fsp3) is 0.778. The number of carbonyl (C=O) groups is 2. The van der Waals surface area contributed by atoms with Crippen molar-refractivity contribution < 1.29 is 37.6 Å². The number of esters is 2. The number of hydrogen-bond acceptors (Lipinski definition) is 8. The molecule has 0 saturated carbocycles. The first-order valence-electron chi connectivity index (χ1n) is 18.0. The van der Waals surface area contributed by atoms with E-state index >= 15 is 0 Å². The van der Waals surface area contributed by atoms with Crippen molar-refractivity contribution in [2.75, 3.05) is 26.4 Å². The predicted octanol–water partition coefficient (Wildman–Crippen LogP) is 9.43. The molecular weight excluding hydrogens is 605 g/mol. The fourth-order valence-electron chi connectivity index (χ4n) is 4.58. The van der Waals surface area contributed by atoms with Crippen LogP contribution in [0.25, 0.3) is 0 Å². The van der Waals surface area contributed by atoms with E-state index in [1.165, 1.54) is 57.8 Å². The smallest absolute Gasteiger partial charge is 0.462 e. The zero-order valence-electron chi connectivity index (χ0n) is 29.0. The summed E-state index contributed by atoms with van der Waals surface area (Å²) in [6.45, 7) is 3.62. The van der Waals surface area contributed by atoms with Crippen molar-refractivity contribution in [3.63, 3.8) is 0 Å². The Kier molecular flexibility index (Phi) is 31.9. The molecule has 0 aromatic rings. The van der Waals surface area contributed by atoms with E-state index in [1.54, 1.807) is 0 Å². The van der Waals surface area contributed by atoms with Crippen LogP contribution >= 0.6 is 7.82 Å². The Morgan fingerprint density at radius 3 is 1.72 bits per heavy atom. The van der Waals surface area contributed by atoms with Crippen LogP contribution in [0.1, 0.15) is 149 Å². The van der Waals surface area contributed by atoms with Gasteiger partial charge in [0.05, 0.1) is 13.2 Å². The van der Waals surface area contributed by atoms with Gasteiger partial charge in [0.1, 0.15) is 6.61 Å². The highest BCUT2D eigenvalue weighted by atomic mass is 31.2. The van der Waals surface area contributed by atoms with E-state index in [1.807, 2.05) is 0 Å². The minimum Gasteiger partial charge on any atom is -0.462 e. The molecule has 0 aliphatic rings. The molecule has 9 nitrogen and oxygen atoms in total. The molecule has 46 heavy (non-hydrogen) atoms. The molecule has 10 heteroatoms. The topological polar surface area (TPSA) is 134 Å². The molecule has 0 saturated heterocycles. The molecule has 0 aromatic heterocycles. The minimum absolute atomic E-state index is 0.0493. The molecule has 0 rings (SSSR count). The zero-order chi connectivity index (χ0) is 34.0. The quantitative estimate of drug-likeness (QED) is 0.0303. The lowest BCUT2D eigenvalue weighted by molar-refractivity contribution is -0.161. The van der Waals surface area contributed by atoms with E-state index in [9.17, 15) is 19.0 Å². The van der Waals surface area contributed by atoms with Crippen molar-refractivity contribution in [1.82, 2.24) is 0 Å². The average molecular weight is 672 g/mol. The van der Waals surface area contributed by atoms with Gasteiger partial charge >= 0.3 is 19.8 Å². The lowest BCUT2D eigenvalue weighted by Gasteiger charge is -2.19. The van der Waals surface area contributed by atoms with E-state index in [2.05, 4.69) is 50.3 Å². The maximum Gasteiger partial charge on any atom is 0.472 e. The molecule has 2 atom stereocenters. The maximum atomic E-state index is 12.5. The molecule has 0 radical (unpaired) electrons. The Hall–Kier alpha value is -1.77. The summed E-state index contributed by atoms with van der Waals surface area (Å²) in [5.74, 6) is -0.861. The highest BCUT2D eigenvalue weighted by Crippen LogP contribution is 2.43. The Balaban J connectivity index is 4.27. The van der Waals surface area contributed by atoms with Crippen LogP contribution in [0.15, 0.2) is 36.5 Å². The third-order valence-corrected chi connectivity index (χ3v) is 8.26. The van der Waals surface area contributed by atoms with E-state index in [-0.39, 0.29) is 32.6 Å². The summed E-state index contributed by atoms with van der Waals surface area (Å²) < 4.78 is 32.5. The monoisotopic (exact) mass is 671 g/mol. The zero-order valence-corrected chi connectivity index (χ0v) is 29.9. The van der Waals surface area contributed by atoms with Gasteiger partial charge in [-0.1, -0.05) is 121 Å². The SMILES string of the molecule is CCCCC/C=C/C/C=C/C/C=C/CCCCCCC(=O)O[C@H](COC(=O)CCCCCCCCCC)COP(=O)(O)OCCN. The van der Waals surface area contributed by atoms with Gasteiger partial charge in [0, 0.05) is 19.4 Å². The number of phosphoric acid groups is 1. The highest BCUT2D eigenvalue weighted by Gasteiger charge is 2.25. The number of unbranched alkanes of at least 4 members (excludes halogenated alkanes) is 14. The number of carbonyl (C=O) groups excluding carboxylic acids is 2. The van der Waals surface area contributed by atoms with Gasteiger partial charge in [-0.25, -0.2) is 4.57 Å². The predicted molar refractivity (Wildman–Crippen MR) is 187 cm³/mol. The van der Waals surface area contributed by atoms with E-state index < -0.39 is 32.5 Å². The van der Waals surface area contributed by atoms with Crippen LogP contribution in [0.2, 0.25) is 0 Å². The normalized spacial score (nSPS) is 13.9. The first kappa shape index (κ1) is 44.2. The molecule has 1 unspecified atom stereocenters. The van der Waals surface area contributed by atoms with Crippen LogP contribution in [0, 0.1) is 0 Å². The summed E-state index contributed by atoms with van der Waals surface area (Å²) in [6.07, 6.45) is 33.3. The molecule has 0 aromatic carbocycles. The van der Waals surface area contributed by atoms with Crippen LogP contribution in [-0.4, -0.2) is 49.3 Å². The second kappa shape index (κ2) is 33.1. The van der Waals surface area contributed by atoms with E-state index in [4.69, 9.17) is 24.3 Å². The Morgan fingerprint density at radius 1 is 0.652 bits per heavy atom. The lowest BCUT2D eigenvalue weighted by Crippen LogP contribution is -2.29. The highest BCUT2D eigenvalue weighted by molar-refractivity contribution is 7.47. The first-order chi connectivity index (χ1) is 22.3. The van der Waals surface area contributed by atoms with Gasteiger partial charge in [-0.2, -0.15) is 0 Å². The van der Waals surface area contributed by atoms with Gasteiger partial charge in [-0.05, 0) is 51.4 Å². The molecule has 0 amide bonds. The summed E-state index contributed by atoms with van der Waals surface area (Å²) in [6, 6.07) is 0. The van der Waals surface area contributed by atoms with Crippen molar-refractivity contribution in [1.29, 1.82) is 0 Å². The summed E-state index contributed by atoms with van der Waals surface area (Å²) in [4.78, 5) is 34.5. The number of allylic oxidation sites excluding steroid dienone is 6. The van der Waals surface area contributed by atoms with Crippen LogP contribution in [0.5, 0.6) is 0 Å². The van der Waals surface area contributed by atoms with Gasteiger partial charge in [-0.3, -0.25) is 18.6 Å². The van der Waals surface area contributed by atoms with Crippen LogP contribution in [0.3, 0.4) is 0 Å². The number of ether oxygens (including phenoxy) is 2. The number of rotatable bonds is 33. The van der Waals surface area contributed by atoms with E-state index in [0.717, 1.165) is 57.8 Å².